The third-order valence-electron chi connectivity index (χ3n) is 3.45. The van der Waals surface area contributed by atoms with Crippen LogP contribution in [0.4, 0.5) is 5.82 Å². The lowest BCUT2D eigenvalue weighted by Crippen LogP contribution is -2.37. The molecule has 1 fully saturated rings. The summed E-state index contributed by atoms with van der Waals surface area (Å²) in [5, 5.41) is 9.29. The second-order valence-corrected chi connectivity index (χ2v) is 4.94. The van der Waals surface area contributed by atoms with Crippen LogP contribution in [0.15, 0.2) is 24.5 Å². The van der Waals surface area contributed by atoms with Gasteiger partial charge in [0.05, 0.1) is 6.10 Å². The molecule has 2 aromatic rings. The highest BCUT2D eigenvalue weighted by Gasteiger charge is 2.28. The third-order valence-corrected chi connectivity index (χ3v) is 3.45. The summed E-state index contributed by atoms with van der Waals surface area (Å²) in [4.78, 5) is 15.0. The molecule has 1 aliphatic rings. The molecule has 0 aliphatic heterocycles. The predicted molar refractivity (Wildman–Crippen MR) is 69.3 cm³/mol. The first-order valence-electron chi connectivity index (χ1n) is 6.19. The lowest BCUT2D eigenvalue weighted by molar-refractivity contribution is 0.0464. The number of pyridine rings is 1. The zero-order valence-electron chi connectivity index (χ0n) is 10.3. The Hall–Kier alpha value is -1.75. The second kappa shape index (κ2) is 4.49. The molecule has 1 N–H and O–H groups in total. The van der Waals surface area contributed by atoms with Gasteiger partial charge >= 0.3 is 0 Å². The van der Waals surface area contributed by atoms with Crippen molar-refractivity contribution >= 4 is 17.0 Å². The zero-order chi connectivity index (χ0) is 12.5. The van der Waals surface area contributed by atoms with Gasteiger partial charge in [-0.3, -0.25) is 4.98 Å². The van der Waals surface area contributed by atoms with Crippen molar-refractivity contribution in [3.8, 4) is 0 Å². The minimum absolute atomic E-state index is 0.0983. The fraction of sp³-hybridized carbons (Fsp3) is 0.462. The molecule has 5 heteroatoms. The minimum Gasteiger partial charge on any atom is -0.393 e. The monoisotopic (exact) mass is 244 g/mol. The van der Waals surface area contributed by atoms with Gasteiger partial charge in [0.1, 0.15) is 11.3 Å². The van der Waals surface area contributed by atoms with E-state index in [9.17, 15) is 5.11 Å². The van der Waals surface area contributed by atoms with E-state index in [0.29, 0.717) is 11.6 Å². The number of aliphatic hydroxyl groups is 1. The topological polar surface area (TPSA) is 62.1 Å². The van der Waals surface area contributed by atoms with Gasteiger partial charge in [-0.2, -0.15) is 0 Å². The molecule has 0 saturated heterocycles. The van der Waals surface area contributed by atoms with Crippen molar-refractivity contribution in [3.63, 3.8) is 0 Å². The summed E-state index contributed by atoms with van der Waals surface area (Å²) in [5.41, 5.74) is 1.49. The van der Waals surface area contributed by atoms with Crippen molar-refractivity contribution in [3.05, 3.63) is 24.5 Å². The number of fused-ring (bicyclic) bond motifs is 1. The SMILES string of the molecule is CN(CC1CC(O)C1)c1ccc2nccnc2n1. The zero-order valence-corrected chi connectivity index (χ0v) is 10.3. The van der Waals surface area contributed by atoms with Crippen LogP contribution < -0.4 is 4.90 Å². The van der Waals surface area contributed by atoms with Gasteiger partial charge in [-0.05, 0) is 30.9 Å². The molecule has 3 rings (SSSR count). The quantitative estimate of drug-likeness (QED) is 0.880. The Morgan fingerprint density at radius 1 is 1.28 bits per heavy atom. The van der Waals surface area contributed by atoms with Gasteiger partial charge in [0.2, 0.25) is 0 Å². The molecule has 0 aromatic carbocycles. The highest BCUT2D eigenvalue weighted by molar-refractivity contribution is 5.71. The number of aliphatic hydroxyl groups excluding tert-OH is 1. The molecular formula is C13H16N4O. The summed E-state index contributed by atoms with van der Waals surface area (Å²) in [7, 11) is 2.02. The van der Waals surface area contributed by atoms with Gasteiger partial charge in [0.25, 0.3) is 0 Å². The largest absolute Gasteiger partial charge is 0.393 e. The second-order valence-electron chi connectivity index (χ2n) is 4.94. The fourth-order valence-electron chi connectivity index (χ4n) is 2.39. The number of rotatable bonds is 3. The van der Waals surface area contributed by atoms with Gasteiger partial charge in [-0.1, -0.05) is 0 Å². The lowest BCUT2D eigenvalue weighted by Gasteiger charge is -2.34. The number of hydrogen-bond donors (Lipinski definition) is 1. The van der Waals surface area contributed by atoms with Crippen LogP contribution in [0.2, 0.25) is 0 Å². The molecule has 18 heavy (non-hydrogen) atoms. The van der Waals surface area contributed by atoms with Crippen molar-refractivity contribution in [2.24, 2.45) is 5.92 Å². The van der Waals surface area contributed by atoms with E-state index in [-0.39, 0.29) is 6.10 Å². The van der Waals surface area contributed by atoms with Crippen molar-refractivity contribution < 1.29 is 5.11 Å². The van der Waals surface area contributed by atoms with Crippen LogP contribution in [-0.4, -0.2) is 39.8 Å². The van der Waals surface area contributed by atoms with E-state index >= 15 is 0 Å². The summed E-state index contributed by atoms with van der Waals surface area (Å²) in [6, 6.07) is 3.91. The summed E-state index contributed by atoms with van der Waals surface area (Å²) in [6.45, 7) is 0.926. The Bertz CT molecular complexity index is 553. The van der Waals surface area contributed by atoms with E-state index in [4.69, 9.17) is 0 Å². The molecule has 1 saturated carbocycles. The number of nitrogens with zero attached hydrogens (tertiary/aromatic N) is 4. The van der Waals surface area contributed by atoms with Gasteiger partial charge in [0, 0.05) is 26.0 Å². The number of hydrogen-bond acceptors (Lipinski definition) is 5. The van der Waals surface area contributed by atoms with E-state index in [1.165, 1.54) is 0 Å². The van der Waals surface area contributed by atoms with Crippen LogP contribution in [0.5, 0.6) is 0 Å². The molecule has 1 aliphatic carbocycles. The van der Waals surface area contributed by atoms with Crippen LogP contribution in [0.3, 0.4) is 0 Å². The first-order valence-corrected chi connectivity index (χ1v) is 6.19. The molecule has 0 spiro atoms. The maximum absolute atomic E-state index is 9.29. The first-order chi connectivity index (χ1) is 8.72. The van der Waals surface area contributed by atoms with Gasteiger partial charge in [-0.25, -0.2) is 9.97 Å². The maximum atomic E-state index is 9.29. The molecule has 0 atom stereocenters. The average molecular weight is 244 g/mol. The summed E-state index contributed by atoms with van der Waals surface area (Å²) in [5.74, 6) is 1.48. The molecule has 2 aromatic heterocycles. The molecular weight excluding hydrogens is 228 g/mol. The Balaban J connectivity index is 1.76. The highest BCUT2D eigenvalue weighted by Crippen LogP contribution is 2.28. The maximum Gasteiger partial charge on any atom is 0.180 e. The van der Waals surface area contributed by atoms with E-state index in [2.05, 4.69) is 19.9 Å². The Morgan fingerprint density at radius 3 is 2.83 bits per heavy atom. The van der Waals surface area contributed by atoms with Crippen LogP contribution in [0.25, 0.3) is 11.2 Å². The standard InChI is InChI=1S/C13H16N4O/c1-17(8-9-6-10(18)7-9)12-3-2-11-13(16-12)15-5-4-14-11/h2-5,9-10,18H,6-8H2,1H3. The molecule has 94 valence electrons. The van der Waals surface area contributed by atoms with E-state index < -0.39 is 0 Å². The van der Waals surface area contributed by atoms with Crippen LogP contribution in [0.1, 0.15) is 12.8 Å². The minimum atomic E-state index is -0.0983. The lowest BCUT2D eigenvalue weighted by atomic mass is 9.82. The number of anilines is 1. The van der Waals surface area contributed by atoms with Crippen molar-refractivity contribution in [1.29, 1.82) is 0 Å². The predicted octanol–water partition coefficient (Wildman–Crippen LogP) is 1.23. The Kier molecular flexibility index (Phi) is 2.83. The van der Waals surface area contributed by atoms with Crippen molar-refractivity contribution in [2.45, 2.75) is 18.9 Å². The first kappa shape index (κ1) is 11.3. The Morgan fingerprint density at radius 2 is 2.06 bits per heavy atom. The summed E-state index contributed by atoms with van der Waals surface area (Å²) >= 11 is 0. The molecule has 0 unspecified atom stereocenters. The van der Waals surface area contributed by atoms with Crippen LogP contribution in [-0.2, 0) is 0 Å². The van der Waals surface area contributed by atoms with Gasteiger partial charge in [-0.15, -0.1) is 0 Å². The van der Waals surface area contributed by atoms with Crippen molar-refractivity contribution in [2.75, 3.05) is 18.5 Å². The van der Waals surface area contributed by atoms with E-state index in [0.717, 1.165) is 30.7 Å². The third kappa shape index (κ3) is 2.13. The normalized spacial score (nSPS) is 22.8. The van der Waals surface area contributed by atoms with E-state index in [1.54, 1.807) is 12.4 Å². The molecule has 2 heterocycles. The molecule has 5 nitrogen and oxygen atoms in total. The van der Waals surface area contributed by atoms with Crippen LogP contribution in [0, 0.1) is 5.92 Å². The van der Waals surface area contributed by atoms with Gasteiger partial charge < -0.3 is 10.0 Å². The summed E-state index contributed by atoms with van der Waals surface area (Å²) < 4.78 is 0. The van der Waals surface area contributed by atoms with E-state index in [1.807, 2.05) is 19.2 Å². The molecule has 0 bridgehead atoms. The number of aromatic nitrogens is 3. The van der Waals surface area contributed by atoms with Crippen LogP contribution >= 0.6 is 0 Å². The average Bonchev–Trinajstić information content (AvgIpc) is 2.36. The summed E-state index contributed by atoms with van der Waals surface area (Å²) in [6.07, 6.45) is 5.03. The molecule has 0 amide bonds. The molecule has 0 radical (unpaired) electrons. The van der Waals surface area contributed by atoms with Gasteiger partial charge in [0.15, 0.2) is 5.65 Å². The highest BCUT2D eigenvalue weighted by atomic mass is 16.3. The fourth-order valence-corrected chi connectivity index (χ4v) is 2.39. The Labute approximate surface area is 106 Å². The van der Waals surface area contributed by atoms with Crippen molar-refractivity contribution in [1.82, 2.24) is 15.0 Å². The smallest absolute Gasteiger partial charge is 0.180 e.